The Hall–Kier alpha value is -3.44. The van der Waals surface area contributed by atoms with Crippen LogP contribution >= 0.6 is 22.7 Å². The van der Waals surface area contributed by atoms with Crippen LogP contribution in [0.2, 0.25) is 0 Å². The van der Waals surface area contributed by atoms with E-state index in [2.05, 4.69) is 50.3 Å². The standard InChI is InChI=1S/C28H22N2S2/c1-17-25(19(3)31-27(17)21-11-7-5-8-12-21)23(15-29)24(16-30)26-18(2)28(32-20(26)4)22-13-9-6-10-14-22/h5-14H,1-4H3. The van der Waals surface area contributed by atoms with Crippen LogP contribution in [-0.2, 0) is 0 Å². The van der Waals surface area contributed by atoms with Crippen molar-refractivity contribution < 1.29 is 0 Å². The highest BCUT2D eigenvalue weighted by molar-refractivity contribution is 7.16. The second-order valence-electron chi connectivity index (χ2n) is 7.68. The number of hydrogen-bond donors (Lipinski definition) is 0. The fraction of sp³-hybridized carbons (Fsp3) is 0.143. The van der Waals surface area contributed by atoms with Crippen molar-refractivity contribution >= 4 is 33.8 Å². The molecule has 0 aliphatic carbocycles. The lowest BCUT2D eigenvalue weighted by molar-refractivity contribution is 1.41. The Morgan fingerprint density at radius 1 is 0.594 bits per heavy atom. The molecule has 0 atom stereocenters. The average Bonchev–Trinajstić information content (AvgIpc) is 3.28. The maximum Gasteiger partial charge on any atom is 0.101 e. The summed E-state index contributed by atoms with van der Waals surface area (Å²) in [6, 6.07) is 25.2. The summed E-state index contributed by atoms with van der Waals surface area (Å²) < 4.78 is 0. The number of benzene rings is 2. The molecule has 4 rings (SSSR count). The predicted molar refractivity (Wildman–Crippen MR) is 136 cm³/mol. The van der Waals surface area contributed by atoms with Gasteiger partial charge in [-0.2, -0.15) is 10.5 Å². The first kappa shape index (κ1) is 21.8. The van der Waals surface area contributed by atoms with E-state index in [0.29, 0.717) is 11.1 Å². The van der Waals surface area contributed by atoms with Gasteiger partial charge in [0.25, 0.3) is 0 Å². The molecule has 32 heavy (non-hydrogen) atoms. The minimum Gasteiger partial charge on any atom is -0.192 e. The Morgan fingerprint density at radius 2 is 0.938 bits per heavy atom. The Kier molecular flexibility index (Phi) is 6.10. The van der Waals surface area contributed by atoms with Crippen molar-refractivity contribution in [2.45, 2.75) is 27.7 Å². The molecule has 2 nitrogen and oxygen atoms in total. The Balaban J connectivity index is 1.95. The van der Waals surface area contributed by atoms with Crippen LogP contribution in [0.1, 0.15) is 32.0 Å². The first-order valence-electron chi connectivity index (χ1n) is 10.3. The molecule has 0 saturated carbocycles. The van der Waals surface area contributed by atoms with E-state index in [0.717, 1.165) is 52.9 Å². The van der Waals surface area contributed by atoms with E-state index in [-0.39, 0.29) is 0 Å². The van der Waals surface area contributed by atoms with Gasteiger partial charge in [0.15, 0.2) is 0 Å². The summed E-state index contributed by atoms with van der Waals surface area (Å²) in [6.45, 7) is 8.18. The topological polar surface area (TPSA) is 47.6 Å². The smallest absolute Gasteiger partial charge is 0.101 e. The van der Waals surface area contributed by atoms with Crippen LogP contribution in [0.25, 0.3) is 32.0 Å². The summed E-state index contributed by atoms with van der Waals surface area (Å²) in [4.78, 5) is 4.40. The van der Waals surface area contributed by atoms with Crippen molar-refractivity contribution in [1.29, 1.82) is 10.5 Å². The molecule has 0 fully saturated rings. The van der Waals surface area contributed by atoms with E-state index in [1.807, 2.05) is 50.2 Å². The lowest BCUT2D eigenvalue weighted by Gasteiger charge is -2.08. The number of thiophene rings is 2. The third-order valence-electron chi connectivity index (χ3n) is 5.69. The molecule has 0 saturated heterocycles. The van der Waals surface area contributed by atoms with Crippen molar-refractivity contribution in [2.24, 2.45) is 0 Å². The van der Waals surface area contributed by atoms with Crippen LogP contribution in [-0.4, -0.2) is 0 Å². The minimum atomic E-state index is 0.463. The number of nitriles is 2. The lowest BCUT2D eigenvalue weighted by Crippen LogP contribution is -1.94. The summed E-state index contributed by atoms with van der Waals surface area (Å²) in [5, 5.41) is 20.5. The summed E-state index contributed by atoms with van der Waals surface area (Å²) >= 11 is 3.36. The summed E-state index contributed by atoms with van der Waals surface area (Å²) in [5.74, 6) is 0. The highest BCUT2D eigenvalue weighted by atomic mass is 32.1. The largest absolute Gasteiger partial charge is 0.192 e. The van der Waals surface area contributed by atoms with Gasteiger partial charge < -0.3 is 0 Å². The van der Waals surface area contributed by atoms with Gasteiger partial charge in [0.1, 0.15) is 12.1 Å². The molecule has 0 N–H and O–H groups in total. The third-order valence-corrected chi connectivity index (χ3v) is 8.20. The second kappa shape index (κ2) is 8.97. The van der Waals surface area contributed by atoms with Gasteiger partial charge in [-0.3, -0.25) is 0 Å². The molecular weight excluding hydrogens is 428 g/mol. The van der Waals surface area contributed by atoms with Crippen LogP contribution in [0, 0.1) is 50.4 Å². The zero-order chi connectivity index (χ0) is 22.8. The Labute approximate surface area is 197 Å². The van der Waals surface area contributed by atoms with Gasteiger partial charge in [0.05, 0.1) is 11.1 Å². The molecule has 4 heteroatoms. The summed E-state index contributed by atoms with van der Waals surface area (Å²) in [7, 11) is 0. The molecule has 2 aromatic carbocycles. The molecule has 0 aliphatic rings. The van der Waals surface area contributed by atoms with Gasteiger partial charge in [-0.25, -0.2) is 0 Å². The number of nitrogens with zero attached hydrogens (tertiary/aromatic N) is 2. The quantitative estimate of drug-likeness (QED) is 0.293. The van der Waals surface area contributed by atoms with Gasteiger partial charge in [-0.1, -0.05) is 60.7 Å². The SMILES string of the molecule is Cc1sc(-c2ccccc2)c(C)c1C(C#N)=C(C#N)c1c(C)sc(-c2ccccc2)c1C. The summed E-state index contributed by atoms with van der Waals surface area (Å²) in [5.41, 5.74) is 7.07. The monoisotopic (exact) mass is 450 g/mol. The van der Waals surface area contributed by atoms with Gasteiger partial charge >= 0.3 is 0 Å². The zero-order valence-corrected chi connectivity index (χ0v) is 20.1. The Bertz CT molecular complexity index is 1300. The van der Waals surface area contributed by atoms with Crippen LogP contribution in [0.15, 0.2) is 60.7 Å². The van der Waals surface area contributed by atoms with Crippen LogP contribution < -0.4 is 0 Å². The van der Waals surface area contributed by atoms with E-state index in [1.165, 1.54) is 0 Å². The fourth-order valence-electron chi connectivity index (χ4n) is 4.25. The fourth-order valence-corrected chi connectivity index (χ4v) is 6.59. The molecule has 0 aliphatic heterocycles. The minimum absolute atomic E-state index is 0.463. The first-order chi connectivity index (χ1) is 15.5. The van der Waals surface area contributed by atoms with Crippen molar-refractivity contribution in [3.8, 4) is 33.0 Å². The molecule has 4 aromatic rings. The molecule has 2 heterocycles. The maximum absolute atomic E-state index is 10.2. The Morgan fingerprint density at radius 3 is 1.25 bits per heavy atom. The number of aryl methyl sites for hydroxylation is 2. The molecule has 0 amide bonds. The van der Waals surface area contributed by atoms with Gasteiger partial charge in [0.2, 0.25) is 0 Å². The molecule has 156 valence electrons. The third kappa shape index (κ3) is 3.69. The predicted octanol–water partition coefficient (Wildman–Crippen LogP) is 8.34. The van der Waals surface area contributed by atoms with E-state index < -0.39 is 0 Å². The van der Waals surface area contributed by atoms with Gasteiger partial charge in [-0.05, 0) is 49.9 Å². The molecular formula is C28H22N2S2. The number of allylic oxidation sites excluding steroid dienone is 2. The van der Waals surface area contributed by atoms with Crippen LogP contribution in [0.4, 0.5) is 0 Å². The van der Waals surface area contributed by atoms with Gasteiger partial charge in [-0.15, -0.1) is 22.7 Å². The normalized spacial score (nSPS) is 11.6. The van der Waals surface area contributed by atoms with Gasteiger partial charge in [0, 0.05) is 30.6 Å². The van der Waals surface area contributed by atoms with E-state index >= 15 is 0 Å². The molecule has 2 aromatic heterocycles. The number of hydrogen-bond acceptors (Lipinski definition) is 4. The van der Waals surface area contributed by atoms with Crippen LogP contribution in [0.5, 0.6) is 0 Å². The second-order valence-corrected chi connectivity index (χ2v) is 10.1. The van der Waals surface area contributed by atoms with Crippen molar-refractivity contribution in [3.63, 3.8) is 0 Å². The maximum atomic E-state index is 10.2. The first-order valence-corrected chi connectivity index (χ1v) is 12.0. The van der Waals surface area contributed by atoms with Crippen molar-refractivity contribution in [1.82, 2.24) is 0 Å². The van der Waals surface area contributed by atoms with E-state index in [4.69, 9.17) is 0 Å². The number of rotatable bonds is 4. The molecule has 0 unspecified atom stereocenters. The highest BCUT2D eigenvalue weighted by Crippen LogP contribution is 2.44. The van der Waals surface area contributed by atoms with E-state index in [9.17, 15) is 10.5 Å². The van der Waals surface area contributed by atoms with E-state index in [1.54, 1.807) is 22.7 Å². The van der Waals surface area contributed by atoms with Crippen molar-refractivity contribution in [2.75, 3.05) is 0 Å². The zero-order valence-electron chi connectivity index (χ0n) is 18.5. The summed E-state index contributed by atoms with van der Waals surface area (Å²) in [6.07, 6.45) is 0. The van der Waals surface area contributed by atoms with Crippen LogP contribution in [0.3, 0.4) is 0 Å². The van der Waals surface area contributed by atoms with Crippen molar-refractivity contribution in [3.05, 3.63) is 92.7 Å². The molecule has 0 bridgehead atoms. The lowest BCUT2D eigenvalue weighted by atomic mass is 9.91. The molecule has 0 spiro atoms. The highest BCUT2D eigenvalue weighted by Gasteiger charge is 2.24. The average molecular weight is 451 g/mol. The molecule has 0 radical (unpaired) electrons.